The molecule has 0 saturated heterocycles. The molecule has 8 aromatic heterocycles. The van der Waals surface area contributed by atoms with Crippen molar-refractivity contribution in [3.05, 3.63) is 336 Å². The van der Waals surface area contributed by atoms with Crippen LogP contribution in [0.15, 0.2) is 292 Å². The molecular weight excluding hydrogens is 1450 g/mol. The molecule has 0 spiro atoms. The number of nitrogens with zero attached hydrogens (tertiary/aromatic N) is 12. The van der Waals surface area contributed by atoms with Crippen LogP contribution in [0.2, 0.25) is 0 Å². The number of pyridine rings is 8. The van der Waals surface area contributed by atoms with Crippen LogP contribution in [0.5, 0.6) is 0 Å². The van der Waals surface area contributed by atoms with Crippen molar-refractivity contribution in [3.8, 4) is 67.2 Å². The SMILES string of the molecule is CN1C(=O)c2ccc(-c3ccc(-c4ccc5ccc6cccnc6c5n4)cc3)cc2C1=O.CN1C(=O)c2ccc(-c3ccc4ccc5cccnc5c4n3)cc2C1=O.CN1C(=O)c2ccc(-c3cccc(-c4ccc5ccc6cccnc6c5n4)c3)cc2C1=O.CN1C(=O)c2ccc(-c3cnc4c(ccc5cccnc54)c3)cc2C1=O. The van der Waals surface area contributed by atoms with Crippen molar-refractivity contribution in [1.82, 2.24) is 59.5 Å². The minimum Gasteiger partial charge on any atom is -0.277 e. The van der Waals surface area contributed by atoms with E-state index in [0.29, 0.717) is 44.5 Å². The van der Waals surface area contributed by atoms with E-state index >= 15 is 0 Å². The maximum Gasteiger partial charge on any atom is 0.261 e. The molecule has 4 aliphatic rings. The molecule has 12 heterocycles. The summed E-state index contributed by atoms with van der Waals surface area (Å²) in [6.45, 7) is 0. The van der Waals surface area contributed by atoms with Gasteiger partial charge in [-0.25, -0.2) is 15.0 Å². The highest BCUT2D eigenvalue weighted by atomic mass is 16.2. The van der Waals surface area contributed by atoms with Crippen molar-refractivity contribution in [2.75, 3.05) is 28.2 Å². The summed E-state index contributed by atoms with van der Waals surface area (Å²) in [5.74, 6) is -2.11. The van der Waals surface area contributed by atoms with Gasteiger partial charge >= 0.3 is 0 Å². The van der Waals surface area contributed by atoms with E-state index in [1.807, 2.05) is 170 Å². The first-order valence-electron chi connectivity index (χ1n) is 37.1. The number of carbonyl (C=O) groups is 8. The maximum atomic E-state index is 12.4. The molecule has 116 heavy (non-hydrogen) atoms. The summed E-state index contributed by atoms with van der Waals surface area (Å²) in [5, 5.41) is 8.28. The standard InChI is InChI=1S/2C27H17N3O2.2C21H13N3O2/c1-30-26(31)21-11-9-19(15-22(21)27(30)32)18-4-2-5-20(14-18)23-12-10-17-8-7-16-6-3-13-28-24(16)25(17)29-23;1-30-26(31)21-12-10-20(15-22(21)27(30)32)16-4-6-17(7-5-16)23-13-11-19-9-8-18-3-2-14-28-24(18)25(19)29-23;1-24-20(25)15-8-6-14(11-16(15)21(24)26)17-9-7-13-5-4-12-3-2-10-22-18(12)19(13)23-17;1-24-20(25)16-7-6-13(10-17(16)21(24)26)15-9-14-5-4-12-3-2-8-22-18(12)19(14)23-11-15/h2*2-15H,1H3;2*2-11H,1H3. The van der Waals surface area contributed by atoms with Gasteiger partial charge < -0.3 is 0 Å². The Hall–Kier alpha value is -16.0. The van der Waals surface area contributed by atoms with Gasteiger partial charge in [0.05, 0.1) is 106 Å². The van der Waals surface area contributed by atoms with Crippen molar-refractivity contribution in [3.63, 3.8) is 0 Å². The Kier molecular flexibility index (Phi) is 17.1. The molecule has 18 aromatic rings. The quantitative estimate of drug-likeness (QED) is 0.111. The van der Waals surface area contributed by atoms with E-state index in [1.54, 1.807) is 79.5 Å². The van der Waals surface area contributed by atoms with E-state index < -0.39 is 0 Å². The highest BCUT2D eigenvalue weighted by Crippen LogP contribution is 2.38. The van der Waals surface area contributed by atoms with Gasteiger partial charge in [-0.2, -0.15) is 0 Å². The van der Waals surface area contributed by atoms with E-state index in [1.165, 1.54) is 28.2 Å². The molecule has 0 saturated carbocycles. The second-order valence-corrected chi connectivity index (χ2v) is 28.5. The fourth-order valence-electron chi connectivity index (χ4n) is 15.4. The first-order chi connectivity index (χ1) is 56.5. The van der Waals surface area contributed by atoms with Crippen molar-refractivity contribution in [2.24, 2.45) is 0 Å². The predicted octanol–water partition coefficient (Wildman–Crippen LogP) is 18.0. The Morgan fingerprint density at radius 1 is 0.190 bits per heavy atom. The van der Waals surface area contributed by atoms with Gasteiger partial charge in [0, 0.05) is 125 Å². The first-order valence-corrected chi connectivity index (χ1v) is 37.1. The Balaban J connectivity index is 0.000000104. The van der Waals surface area contributed by atoms with Gasteiger partial charge in [0.25, 0.3) is 47.3 Å². The molecule has 552 valence electrons. The highest BCUT2D eigenvalue weighted by Gasteiger charge is 2.36. The number of fused-ring (bicyclic) bond motifs is 16. The molecule has 20 nitrogen and oxygen atoms in total. The zero-order valence-corrected chi connectivity index (χ0v) is 62.3. The van der Waals surface area contributed by atoms with Gasteiger partial charge in [0.1, 0.15) is 0 Å². The van der Waals surface area contributed by atoms with Crippen LogP contribution in [0.3, 0.4) is 0 Å². The van der Waals surface area contributed by atoms with E-state index in [9.17, 15) is 38.4 Å². The smallest absolute Gasteiger partial charge is 0.261 e. The molecule has 0 unspecified atom stereocenters. The van der Waals surface area contributed by atoms with Crippen LogP contribution < -0.4 is 0 Å². The molecule has 8 amide bonds. The first kappa shape index (κ1) is 70.4. The lowest BCUT2D eigenvalue weighted by atomic mass is 9.97. The number of aromatic nitrogens is 8. The molecule has 22 rings (SSSR count). The average molecular weight is 1510 g/mol. The van der Waals surface area contributed by atoms with Crippen molar-refractivity contribution in [2.45, 2.75) is 0 Å². The Labute approximate surface area is 660 Å². The molecule has 0 aliphatic carbocycles. The van der Waals surface area contributed by atoms with Crippen LogP contribution in [0.1, 0.15) is 82.9 Å². The summed E-state index contributed by atoms with van der Waals surface area (Å²) in [5.41, 5.74) is 21.2. The summed E-state index contributed by atoms with van der Waals surface area (Å²) in [6.07, 6.45) is 8.87. The molecule has 0 atom stereocenters. The van der Waals surface area contributed by atoms with Crippen molar-refractivity contribution < 1.29 is 38.4 Å². The summed E-state index contributed by atoms with van der Waals surface area (Å²) >= 11 is 0. The average Bonchev–Trinajstić information content (AvgIpc) is 1.66. The molecule has 0 radical (unpaired) electrons. The predicted molar refractivity (Wildman–Crippen MR) is 446 cm³/mol. The Morgan fingerprint density at radius 3 is 0.845 bits per heavy atom. The van der Waals surface area contributed by atoms with Crippen LogP contribution in [0, 0.1) is 0 Å². The number of benzene rings is 10. The minimum absolute atomic E-state index is 0.253. The van der Waals surface area contributed by atoms with Gasteiger partial charge in [0.2, 0.25) is 0 Å². The largest absolute Gasteiger partial charge is 0.277 e. The van der Waals surface area contributed by atoms with Crippen LogP contribution in [-0.2, 0) is 0 Å². The van der Waals surface area contributed by atoms with Crippen LogP contribution >= 0.6 is 0 Å². The van der Waals surface area contributed by atoms with E-state index in [2.05, 4.69) is 67.4 Å². The molecule has 0 N–H and O–H groups in total. The van der Waals surface area contributed by atoms with Gasteiger partial charge in [-0.15, -0.1) is 0 Å². The number of imide groups is 4. The number of hydrogen-bond donors (Lipinski definition) is 0. The maximum absolute atomic E-state index is 12.4. The van der Waals surface area contributed by atoms with Crippen LogP contribution in [0.4, 0.5) is 0 Å². The molecule has 0 fully saturated rings. The fraction of sp³-hybridized carbons (Fsp3) is 0.0417. The molecule has 10 aromatic carbocycles. The third kappa shape index (κ3) is 12.1. The monoisotopic (exact) mass is 1510 g/mol. The molecule has 4 aliphatic heterocycles. The van der Waals surface area contributed by atoms with Gasteiger partial charge in [-0.05, 0) is 131 Å². The van der Waals surface area contributed by atoms with Crippen molar-refractivity contribution in [1.29, 1.82) is 0 Å². The lowest BCUT2D eigenvalue weighted by Crippen LogP contribution is -2.24. The zero-order valence-electron chi connectivity index (χ0n) is 62.3. The minimum atomic E-state index is -0.278. The fourth-order valence-corrected chi connectivity index (χ4v) is 15.4. The van der Waals surface area contributed by atoms with E-state index in [4.69, 9.17) is 15.0 Å². The zero-order chi connectivity index (χ0) is 79.3. The third-order valence-corrected chi connectivity index (χ3v) is 21.7. The van der Waals surface area contributed by atoms with E-state index in [0.717, 1.165) is 174 Å². The molecule has 20 heteroatoms. The Bertz CT molecular complexity index is 7390. The lowest BCUT2D eigenvalue weighted by molar-refractivity contribution is 0.0678. The third-order valence-electron chi connectivity index (χ3n) is 21.7. The van der Waals surface area contributed by atoms with Gasteiger partial charge in [-0.1, -0.05) is 158 Å². The summed E-state index contributed by atoms with van der Waals surface area (Å²) in [4.78, 5) is 139. The second-order valence-electron chi connectivity index (χ2n) is 28.5. The lowest BCUT2D eigenvalue weighted by Gasteiger charge is -2.08. The number of hydrogen-bond acceptors (Lipinski definition) is 16. The second kappa shape index (κ2) is 28.1. The van der Waals surface area contributed by atoms with Crippen LogP contribution in [-0.4, -0.2) is 135 Å². The molecule has 0 bridgehead atoms. The summed E-state index contributed by atoms with van der Waals surface area (Å²) in [6, 6.07) is 83.7. The number of amides is 8. The Morgan fingerprint density at radius 2 is 0.448 bits per heavy atom. The van der Waals surface area contributed by atoms with E-state index in [-0.39, 0.29) is 47.3 Å². The number of carbonyl (C=O) groups excluding carboxylic acids is 8. The summed E-state index contributed by atoms with van der Waals surface area (Å²) in [7, 11) is 6.01. The normalized spacial score (nSPS) is 13.4. The number of rotatable bonds is 6. The van der Waals surface area contributed by atoms with Gasteiger partial charge in [0.15, 0.2) is 0 Å². The van der Waals surface area contributed by atoms with Crippen LogP contribution in [0.25, 0.3) is 154 Å². The topological polar surface area (TPSA) is 253 Å². The van der Waals surface area contributed by atoms with Crippen molar-refractivity contribution >= 4 is 134 Å². The van der Waals surface area contributed by atoms with Gasteiger partial charge in [-0.3, -0.25) is 82.9 Å². The summed E-state index contributed by atoms with van der Waals surface area (Å²) < 4.78 is 0. The molecular formula is C96H60N12O8. The highest BCUT2D eigenvalue weighted by molar-refractivity contribution is 6.24.